The van der Waals surface area contributed by atoms with Gasteiger partial charge in [-0.3, -0.25) is 14.7 Å². The summed E-state index contributed by atoms with van der Waals surface area (Å²) in [4.78, 5) is 18.9. The van der Waals surface area contributed by atoms with E-state index in [-0.39, 0.29) is 5.92 Å². The van der Waals surface area contributed by atoms with E-state index >= 15 is 0 Å². The number of aliphatic carboxylic acids is 1. The van der Waals surface area contributed by atoms with Gasteiger partial charge < -0.3 is 9.84 Å². The molecule has 2 aliphatic heterocycles. The highest BCUT2D eigenvalue weighted by Gasteiger charge is 2.40. The first-order valence-electron chi connectivity index (χ1n) is 12.7. The maximum absolute atomic E-state index is 11.6. The Hall–Kier alpha value is -1.66. The van der Waals surface area contributed by atoms with Crippen LogP contribution in [0.2, 0.25) is 0 Å². The number of carboxylic acid groups (broad SMARTS) is 1. The van der Waals surface area contributed by atoms with Gasteiger partial charge in [0.25, 0.3) is 0 Å². The Kier molecular flexibility index (Phi) is 6.94. The van der Waals surface area contributed by atoms with Crippen LogP contribution < -0.4 is 4.74 Å². The zero-order valence-corrected chi connectivity index (χ0v) is 21.1. The van der Waals surface area contributed by atoms with Gasteiger partial charge in [0.1, 0.15) is 5.75 Å². The van der Waals surface area contributed by atoms with E-state index in [1.165, 1.54) is 31.1 Å². The molecule has 1 aliphatic carbocycles. The molecule has 5 nitrogen and oxygen atoms in total. The van der Waals surface area contributed by atoms with Crippen molar-refractivity contribution < 1.29 is 14.6 Å². The van der Waals surface area contributed by atoms with Crippen molar-refractivity contribution in [2.75, 3.05) is 0 Å². The molecule has 0 amide bonds. The van der Waals surface area contributed by atoms with Crippen molar-refractivity contribution in [1.29, 1.82) is 0 Å². The Balaban J connectivity index is 1.29. The zero-order valence-electron chi connectivity index (χ0n) is 19.5. The quantitative estimate of drug-likeness (QED) is 0.472. The van der Waals surface area contributed by atoms with E-state index in [2.05, 4.69) is 46.0 Å². The van der Waals surface area contributed by atoms with E-state index in [9.17, 15) is 9.90 Å². The predicted molar refractivity (Wildman–Crippen MR) is 133 cm³/mol. The summed E-state index contributed by atoms with van der Waals surface area (Å²) in [6.45, 7) is 3.09. The maximum atomic E-state index is 11.6. The number of benzene rings is 1. The molecule has 0 radical (unpaired) electrons. The van der Waals surface area contributed by atoms with Gasteiger partial charge in [-0.25, -0.2) is 0 Å². The maximum Gasteiger partial charge on any atom is 0.306 e. The van der Waals surface area contributed by atoms with Crippen molar-refractivity contribution in [2.24, 2.45) is 11.8 Å². The van der Waals surface area contributed by atoms with Crippen LogP contribution in [0.25, 0.3) is 10.8 Å². The Morgan fingerprint density at radius 2 is 1.88 bits per heavy atom. The third-order valence-corrected chi connectivity index (χ3v) is 9.16. The van der Waals surface area contributed by atoms with E-state index in [1.54, 1.807) is 0 Å². The summed E-state index contributed by atoms with van der Waals surface area (Å²) in [7, 11) is 0. The average Bonchev–Trinajstić information content (AvgIpc) is 2.81. The minimum atomic E-state index is -0.628. The number of hydrogen-bond donors (Lipinski definition) is 1. The molecule has 0 spiro atoms. The molecule has 6 heteroatoms. The van der Waals surface area contributed by atoms with Crippen LogP contribution in [0.4, 0.5) is 0 Å². The molecule has 1 N–H and O–H groups in total. The van der Waals surface area contributed by atoms with Gasteiger partial charge in [0, 0.05) is 30.2 Å². The molecular formula is C27H35BrN2O3. The Morgan fingerprint density at radius 1 is 1.15 bits per heavy atom. The number of ether oxygens (including phenoxy) is 1. The Labute approximate surface area is 205 Å². The molecule has 178 valence electrons. The predicted octanol–water partition coefficient (Wildman–Crippen LogP) is 6.56. The molecule has 1 saturated carbocycles. The van der Waals surface area contributed by atoms with Crippen LogP contribution in [0.5, 0.6) is 5.75 Å². The van der Waals surface area contributed by atoms with Gasteiger partial charge in [0.2, 0.25) is 0 Å². The number of carboxylic acids is 1. The molecule has 2 saturated heterocycles. The van der Waals surface area contributed by atoms with Crippen molar-refractivity contribution in [3.63, 3.8) is 0 Å². The van der Waals surface area contributed by atoms with Gasteiger partial charge in [-0.1, -0.05) is 25.8 Å². The largest absolute Gasteiger partial charge is 0.489 e. The van der Waals surface area contributed by atoms with Gasteiger partial charge in [-0.15, -0.1) is 0 Å². The summed E-state index contributed by atoms with van der Waals surface area (Å²) >= 11 is 3.79. The highest BCUT2D eigenvalue weighted by Crippen LogP contribution is 2.39. The van der Waals surface area contributed by atoms with Gasteiger partial charge in [0.05, 0.1) is 22.2 Å². The molecule has 5 rings (SSSR count). The number of nitrogens with zero attached hydrogens (tertiary/aromatic N) is 2. The molecule has 33 heavy (non-hydrogen) atoms. The normalized spacial score (nSPS) is 30.3. The fraction of sp³-hybridized carbons (Fsp3) is 0.630. The smallest absolute Gasteiger partial charge is 0.306 e. The van der Waals surface area contributed by atoms with Crippen LogP contribution in [-0.2, 0) is 11.3 Å². The summed E-state index contributed by atoms with van der Waals surface area (Å²) in [5, 5.41) is 11.8. The number of fused-ring (bicyclic) bond motifs is 3. The first-order valence-corrected chi connectivity index (χ1v) is 13.5. The van der Waals surface area contributed by atoms with Crippen LogP contribution in [0.15, 0.2) is 28.9 Å². The molecule has 2 unspecified atom stereocenters. The van der Waals surface area contributed by atoms with Crippen LogP contribution in [0.3, 0.4) is 0 Å². The second-order valence-electron chi connectivity index (χ2n) is 10.4. The van der Waals surface area contributed by atoms with Crippen molar-refractivity contribution in [3.8, 4) is 5.75 Å². The number of rotatable bonds is 6. The zero-order chi connectivity index (χ0) is 22.9. The fourth-order valence-corrected chi connectivity index (χ4v) is 6.91. The number of pyridine rings is 1. The van der Waals surface area contributed by atoms with Gasteiger partial charge in [0.15, 0.2) is 0 Å². The van der Waals surface area contributed by atoms with Gasteiger partial charge >= 0.3 is 5.97 Å². The van der Waals surface area contributed by atoms with E-state index < -0.39 is 5.97 Å². The second-order valence-corrected chi connectivity index (χ2v) is 11.2. The van der Waals surface area contributed by atoms with Crippen molar-refractivity contribution in [1.82, 2.24) is 9.88 Å². The first-order chi connectivity index (χ1) is 16.0. The third-order valence-electron chi connectivity index (χ3n) is 8.34. The number of aromatic nitrogens is 1. The minimum Gasteiger partial charge on any atom is -0.489 e. The highest BCUT2D eigenvalue weighted by atomic mass is 79.9. The van der Waals surface area contributed by atoms with Crippen LogP contribution >= 0.6 is 15.9 Å². The lowest BCUT2D eigenvalue weighted by Crippen LogP contribution is -2.52. The number of halogens is 1. The van der Waals surface area contributed by atoms with Gasteiger partial charge in [-0.05, 0) is 90.7 Å². The van der Waals surface area contributed by atoms with E-state index in [4.69, 9.17) is 9.72 Å². The second kappa shape index (κ2) is 9.91. The lowest BCUT2D eigenvalue weighted by atomic mass is 9.78. The number of hydrogen-bond acceptors (Lipinski definition) is 4. The van der Waals surface area contributed by atoms with Crippen LogP contribution in [0, 0.1) is 11.8 Å². The molecule has 2 atom stereocenters. The standard InChI is InChI=1S/C27H35BrN2O3/c1-2-17-6-9-23(10-7-17)33-25-11-8-18-12-20(29-15-24(18)26(25)28)16-30-21-4-3-5-22(30)14-19(13-21)27(31)32/h8,11-12,15,17,19,21-23H,2-7,9-10,13-14,16H2,1H3,(H,31,32)/t17-,19?,21?,22?,23+. The summed E-state index contributed by atoms with van der Waals surface area (Å²) < 4.78 is 7.38. The third kappa shape index (κ3) is 4.93. The monoisotopic (exact) mass is 514 g/mol. The van der Waals surface area contributed by atoms with Crippen molar-refractivity contribution in [3.05, 3.63) is 34.6 Å². The molecule has 3 heterocycles. The first kappa shape index (κ1) is 23.1. The van der Waals surface area contributed by atoms with E-state index in [1.807, 2.05) is 6.20 Å². The molecule has 2 bridgehead atoms. The summed E-state index contributed by atoms with van der Waals surface area (Å²) in [5.74, 6) is 0.966. The lowest BCUT2D eigenvalue weighted by Gasteiger charge is -2.48. The average molecular weight is 515 g/mol. The molecule has 1 aromatic carbocycles. The van der Waals surface area contributed by atoms with E-state index in [0.29, 0.717) is 18.2 Å². The van der Waals surface area contributed by atoms with Gasteiger partial charge in [-0.2, -0.15) is 0 Å². The molecule has 2 aromatic rings. The SMILES string of the molecule is CC[C@H]1CC[C@@H](Oc2ccc3cc(CN4C5CCCC4CC(C(=O)O)C5)ncc3c2Br)CC1. The lowest BCUT2D eigenvalue weighted by molar-refractivity contribution is -0.146. The number of piperidine rings is 2. The van der Waals surface area contributed by atoms with Crippen molar-refractivity contribution in [2.45, 2.75) is 95.9 Å². The molecular weight excluding hydrogens is 480 g/mol. The fourth-order valence-electron chi connectivity index (χ4n) is 6.35. The summed E-state index contributed by atoms with van der Waals surface area (Å²) in [5.41, 5.74) is 1.06. The Bertz CT molecular complexity index is 990. The molecule has 3 fully saturated rings. The Morgan fingerprint density at radius 3 is 2.55 bits per heavy atom. The van der Waals surface area contributed by atoms with Crippen molar-refractivity contribution >= 4 is 32.7 Å². The van der Waals surface area contributed by atoms with Crippen LogP contribution in [-0.4, -0.2) is 39.1 Å². The van der Waals surface area contributed by atoms with Crippen LogP contribution in [0.1, 0.15) is 76.8 Å². The van der Waals surface area contributed by atoms with E-state index in [0.717, 1.165) is 72.3 Å². The molecule has 3 aliphatic rings. The summed E-state index contributed by atoms with van der Waals surface area (Å²) in [6, 6.07) is 7.16. The summed E-state index contributed by atoms with van der Waals surface area (Å²) in [6.07, 6.45) is 13.3. The molecule has 1 aromatic heterocycles. The number of carbonyl (C=O) groups is 1. The topological polar surface area (TPSA) is 62.7 Å². The highest BCUT2D eigenvalue weighted by molar-refractivity contribution is 9.10. The minimum absolute atomic E-state index is 0.187.